The molecule has 0 saturated carbocycles. The van der Waals surface area contributed by atoms with Crippen LogP contribution in [0.1, 0.15) is 37.9 Å². The Hall–Kier alpha value is -3.33. The van der Waals surface area contributed by atoms with E-state index in [1.165, 1.54) is 12.1 Å². The van der Waals surface area contributed by atoms with Gasteiger partial charge < -0.3 is 20.5 Å². The van der Waals surface area contributed by atoms with Gasteiger partial charge in [0.05, 0.1) is 12.7 Å². The molecule has 9 heteroatoms. The van der Waals surface area contributed by atoms with Crippen LogP contribution in [0, 0.1) is 11.2 Å². The van der Waals surface area contributed by atoms with Gasteiger partial charge in [-0.1, -0.05) is 0 Å². The number of anilines is 1. The van der Waals surface area contributed by atoms with Crippen LogP contribution in [0.4, 0.5) is 10.1 Å². The summed E-state index contributed by atoms with van der Waals surface area (Å²) < 4.78 is 26.1. The predicted molar refractivity (Wildman–Crippen MR) is 109 cm³/mol. The predicted octanol–water partition coefficient (Wildman–Crippen LogP) is 2.44. The van der Waals surface area contributed by atoms with Gasteiger partial charge in [-0.15, -0.1) is 0 Å². The van der Waals surface area contributed by atoms with Crippen LogP contribution in [0.3, 0.4) is 0 Å². The van der Waals surface area contributed by atoms with Crippen molar-refractivity contribution in [3.05, 3.63) is 53.3 Å². The van der Waals surface area contributed by atoms with Crippen LogP contribution < -0.4 is 31.8 Å². The second-order valence-electron chi connectivity index (χ2n) is 6.50. The zero-order valence-corrected chi connectivity index (χ0v) is 16.6. The highest BCUT2D eigenvalue weighted by Crippen LogP contribution is 2.35. The monoisotopic (exact) mass is 403 g/mol. The number of rotatable bonds is 9. The molecule has 1 unspecified atom stereocenters. The average molecular weight is 403 g/mol. The van der Waals surface area contributed by atoms with Gasteiger partial charge in [0.15, 0.2) is 11.5 Å². The Bertz CT molecular complexity index is 871. The van der Waals surface area contributed by atoms with E-state index in [0.29, 0.717) is 23.6 Å². The number of hydrogen-bond acceptors (Lipinski definition) is 6. The van der Waals surface area contributed by atoms with Crippen molar-refractivity contribution in [2.75, 3.05) is 11.9 Å². The third-order valence-electron chi connectivity index (χ3n) is 3.95. The van der Waals surface area contributed by atoms with E-state index in [4.69, 9.17) is 26.5 Å². The lowest BCUT2D eigenvalue weighted by molar-refractivity contribution is -0.122. The van der Waals surface area contributed by atoms with Gasteiger partial charge in [-0.25, -0.2) is 10.2 Å². The van der Waals surface area contributed by atoms with Crippen LogP contribution in [0.25, 0.3) is 0 Å². The van der Waals surface area contributed by atoms with E-state index in [0.717, 1.165) is 0 Å². The molecule has 0 aliphatic heterocycles. The number of nitrogens with two attached hydrogens (primary N) is 2. The SMILES string of the molecule is CCOc1cc(C(Nc2ccc(C(=N)N)cc2)C(=O)NN)c(F)cc1OC(C)C. The third-order valence-corrected chi connectivity index (χ3v) is 3.95. The summed E-state index contributed by atoms with van der Waals surface area (Å²) in [5.74, 6) is 4.51. The normalized spacial score (nSPS) is 11.7. The molecule has 0 aliphatic rings. The fraction of sp³-hybridized carbons (Fsp3) is 0.300. The maximum Gasteiger partial charge on any atom is 0.261 e. The number of amidine groups is 1. The highest BCUT2D eigenvalue weighted by molar-refractivity contribution is 5.95. The van der Waals surface area contributed by atoms with Crippen molar-refractivity contribution in [2.24, 2.45) is 11.6 Å². The lowest BCUT2D eigenvalue weighted by Gasteiger charge is -2.22. The molecule has 156 valence electrons. The fourth-order valence-electron chi connectivity index (χ4n) is 2.67. The zero-order chi connectivity index (χ0) is 21.6. The maximum atomic E-state index is 14.9. The van der Waals surface area contributed by atoms with Crippen molar-refractivity contribution < 1.29 is 18.7 Å². The molecule has 0 heterocycles. The Morgan fingerprint density at radius 1 is 1.21 bits per heavy atom. The van der Waals surface area contributed by atoms with Crippen molar-refractivity contribution in [1.82, 2.24) is 5.43 Å². The minimum absolute atomic E-state index is 0.0446. The Balaban J connectivity index is 2.44. The summed E-state index contributed by atoms with van der Waals surface area (Å²) in [6, 6.07) is 7.98. The lowest BCUT2D eigenvalue weighted by Crippen LogP contribution is -2.38. The molecule has 1 atom stereocenters. The zero-order valence-electron chi connectivity index (χ0n) is 16.6. The molecule has 0 aromatic heterocycles. The first-order valence-electron chi connectivity index (χ1n) is 9.11. The molecule has 0 radical (unpaired) electrons. The van der Waals surface area contributed by atoms with E-state index in [9.17, 15) is 9.18 Å². The average Bonchev–Trinajstić information content (AvgIpc) is 2.68. The summed E-state index contributed by atoms with van der Waals surface area (Å²) in [7, 11) is 0. The molecule has 2 rings (SSSR count). The number of benzene rings is 2. The van der Waals surface area contributed by atoms with Gasteiger partial charge in [0.25, 0.3) is 5.91 Å². The molecule has 0 bridgehead atoms. The molecular formula is C20H26FN5O3. The van der Waals surface area contributed by atoms with E-state index in [-0.39, 0.29) is 23.3 Å². The number of carbonyl (C=O) groups is 1. The number of carbonyl (C=O) groups excluding carboxylic acids is 1. The molecule has 8 nitrogen and oxygen atoms in total. The molecule has 0 aliphatic carbocycles. The Morgan fingerprint density at radius 2 is 1.86 bits per heavy atom. The van der Waals surface area contributed by atoms with Crippen molar-refractivity contribution >= 4 is 17.4 Å². The number of halogens is 1. The minimum Gasteiger partial charge on any atom is -0.490 e. The van der Waals surface area contributed by atoms with E-state index in [2.05, 4.69) is 5.32 Å². The Labute approximate surface area is 168 Å². The van der Waals surface area contributed by atoms with Gasteiger partial charge in [-0.05, 0) is 51.1 Å². The first-order valence-corrected chi connectivity index (χ1v) is 9.11. The van der Waals surface area contributed by atoms with Crippen molar-refractivity contribution in [3.8, 4) is 11.5 Å². The third kappa shape index (κ3) is 5.58. The first-order chi connectivity index (χ1) is 13.8. The van der Waals surface area contributed by atoms with Gasteiger partial charge >= 0.3 is 0 Å². The highest BCUT2D eigenvalue weighted by Gasteiger charge is 2.26. The lowest BCUT2D eigenvalue weighted by atomic mass is 10.0. The molecule has 0 spiro atoms. The van der Waals surface area contributed by atoms with E-state index >= 15 is 0 Å². The molecule has 0 fully saturated rings. The van der Waals surface area contributed by atoms with Crippen molar-refractivity contribution in [2.45, 2.75) is 32.9 Å². The van der Waals surface area contributed by atoms with Crippen LogP contribution in [0.15, 0.2) is 36.4 Å². The Kier molecular flexibility index (Phi) is 7.38. The van der Waals surface area contributed by atoms with Crippen LogP contribution in [0.2, 0.25) is 0 Å². The van der Waals surface area contributed by atoms with E-state index in [1.54, 1.807) is 31.2 Å². The van der Waals surface area contributed by atoms with Crippen LogP contribution in [-0.2, 0) is 4.79 Å². The number of hydrazine groups is 1. The highest BCUT2D eigenvalue weighted by atomic mass is 19.1. The summed E-state index contributed by atoms with van der Waals surface area (Å²) in [5.41, 5.74) is 8.58. The van der Waals surface area contributed by atoms with Crippen LogP contribution in [-0.4, -0.2) is 24.5 Å². The molecule has 29 heavy (non-hydrogen) atoms. The molecule has 2 aromatic carbocycles. The quantitative estimate of drug-likeness (QED) is 0.143. The Morgan fingerprint density at radius 3 is 2.38 bits per heavy atom. The summed E-state index contributed by atoms with van der Waals surface area (Å²) in [5, 5.41) is 10.4. The molecular weight excluding hydrogens is 377 g/mol. The second-order valence-corrected chi connectivity index (χ2v) is 6.50. The number of amides is 1. The molecule has 0 saturated heterocycles. The molecule has 7 N–H and O–H groups in total. The summed E-state index contributed by atoms with van der Waals surface area (Å²) >= 11 is 0. The number of ether oxygens (including phenoxy) is 2. The number of hydrogen-bond donors (Lipinski definition) is 5. The largest absolute Gasteiger partial charge is 0.490 e. The topological polar surface area (TPSA) is 135 Å². The fourth-order valence-corrected chi connectivity index (χ4v) is 2.67. The van der Waals surface area contributed by atoms with E-state index < -0.39 is 17.8 Å². The summed E-state index contributed by atoms with van der Waals surface area (Å²) in [6.07, 6.45) is -0.180. The number of nitrogens with one attached hydrogen (secondary N) is 3. The molecule has 1 amide bonds. The van der Waals surface area contributed by atoms with E-state index in [1.807, 2.05) is 19.3 Å². The van der Waals surface area contributed by atoms with Gasteiger partial charge in [0.1, 0.15) is 17.7 Å². The maximum absolute atomic E-state index is 14.9. The van der Waals surface area contributed by atoms with Gasteiger partial charge in [0, 0.05) is 22.9 Å². The second kappa shape index (κ2) is 9.74. The van der Waals surface area contributed by atoms with Gasteiger partial charge in [-0.2, -0.15) is 0 Å². The standard InChI is InChI=1S/C20H26FN5O3/c1-4-28-16-9-14(15(21)10-17(16)29-11(2)3)18(20(27)26-24)25-13-7-5-12(6-8-13)19(22)23/h5-11,18,25H,4,24H2,1-3H3,(H3,22,23)(H,26,27). The molecule has 2 aromatic rings. The van der Waals surface area contributed by atoms with Gasteiger partial charge in [0.2, 0.25) is 0 Å². The van der Waals surface area contributed by atoms with Crippen molar-refractivity contribution in [3.63, 3.8) is 0 Å². The van der Waals surface area contributed by atoms with Crippen LogP contribution >= 0.6 is 0 Å². The number of nitrogen functional groups attached to an aromatic ring is 1. The smallest absolute Gasteiger partial charge is 0.261 e. The summed E-state index contributed by atoms with van der Waals surface area (Å²) in [4.78, 5) is 12.4. The minimum atomic E-state index is -1.13. The summed E-state index contributed by atoms with van der Waals surface area (Å²) in [6.45, 7) is 5.77. The van der Waals surface area contributed by atoms with Gasteiger partial charge in [-0.3, -0.25) is 15.6 Å². The first kappa shape index (κ1) is 22.0. The van der Waals surface area contributed by atoms with Crippen molar-refractivity contribution in [1.29, 1.82) is 5.41 Å². The van der Waals surface area contributed by atoms with Crippen LogP contribution in [0.5, 0.6) is 11.5 Å².